The molecule has 9 aromatic rings. The monoisotopic (exact) mass is 1340 g/mol. The Bertz CT molecular complexity index is 4410. The molecular formula is C73H76ClN15O9. The molecule has 0 atom stereocenters. The fourth-order valence-electron chi connectivity index (χ4n) is 9.00. The Morgan fingerprint density at radius 1 is 0.357 bits per heavy atom. The van der Waals surface area contributed by atoms with Gasteiger partial charge in [0, 0.05) is 134 Å². The van der Waals surface area contributed by atoms with E-state index in [1.54, 1.807) is 130 Å². The van der Waals surface area contributed by atoms with Gasteiger partial charge in [-0.3, -0.25) is 58.4 Å². The second-order valence-corrected chi connectivity index (χ2v) is 23.5. The van der Waals surface area contributed by atoms with Gasteiger partial charge in [0.05, 0.1) is 0 Å². The number of nitrogens with one attached hydrogen (secondary N) is 9. The molecule has 0 unspecified atom stereocenters. The Labute approximate surface area is 573 Å². The number of halogens is 1. The van der Waals surface area contributed by atoms with Gasteiger partial charge in [-0.05, 0) is 170 Å². The topological polar surface area (TPSA) is 310 Å². The molecule has 25 heteroatoms. The molecule has 0 saturated carbocycles. The summed E-state index contributed by atoms with van der Waals surface area (Å²) in [5, 5.41) is 25.1. The largest absolute Gasteiger partial charge is 0.354 e. The Balaban J connectivity index is 0.000000207. The number of aryl methyl sites for hydroxylation is 3. The van der Waals surface area contributed by atoms with Gasteiger partial charge in [-0.25, -0.2) is 14.4 Å². The van der Waals surface area contributed by atoms with Crippen molar-refractivity contribution in [3.63, 3.8) is 0 Å². The van der Waals surface area contributed by atoms with Crippen molar-refractivity contribution < 1.29 is 43.2 Å². The van der Waals surface area contributed by atoms with Gasteiger partial charge in [0.1, 0.15) is 17.1 Å². The highest BCUT2D eigenvalue weighted by molar-refractivity contribution is 6.30. The lowest BCUT2D eigenvalue weighted by Crippen LogP contribution is -2.32. The molecule has 12 amide bonds. The Kier molecular flexibility index (Phi) is 25.1. The molecule has 0 spiro atoms. The van der Waals surface area contributed by atoms with Crippen LogP contribution in [0, 0.1) is 20.8 Å². The molecule has 0 aliphatic heterocycles. The van der Waals surface area contributed by atoms with Crippen LogP contribution in [0.1, 0.15) is 106 Å². The van der Waals surface area contributed by atoms with Crippen LogP contribution < -0.4 is 62.6 Å². The molecule has 24 nitrogen and oxygen atoms in total. The van der Waals surface area contributed by atoms with Crippen LogP contribution in [0.3, 0.4) is 0 Å². The molecular weight excluding hydrogens is 1270 g/mol. The molecule has 0 fully saturated rings. The molecule has 6 aromatic carbocycles. The van der Waals surface area contributed by atoms with Gasteiger partial charge < -0.3 is 47.9 Å². The number of hydrogen-bond acceptors (Lipinski definition) is 12. The highest BCUT2D eigenvalue weighted by atomic mass is 35.5. The average molecular weight is 1340 g/mol. The minimum atomic E-state index is -0.433. The fraction of sp³-hybridized carbons (Fsp3) is 0.178. The fourth-order valence-corrected chi connectivity index (χ4v) is 9.13. The number of amides is 12. The molecule has 504 valence electrons. The number of benzene rings is 6. The summed E-state index contributed by atoms with van der Waals surface area (Å²) in [5.41, 5.74) is 10.4. The highest BCUT2D eigenvalue weighted by Crippen LogP contribution is 2.27. The van der Waals surface area contributed by atoms with Crippen molar-refractivity contribution in [1.82, 2.24) is 30.9 Å². The van der Waals surface area contributed by atoms with Crippen molar-refractivity contribution in [2.45, 2.75) is 47.0 Å². The average Bonchev–Trinajstić information content (AvgIpc) is 0.853. The van der Waals surface area contributed by atoms with E-state index in [4.69, 9.17) is 11.6 Å². The predicted molar refractivity (Wildman–Crippen MR) is 386 cm³/mol. The molecule has 9 N–H and O–H groups in total. The van der Waals surface area contributed by atoms with Gasteiger partial charge in [0.2, 0.25) is 0 Å². The summed E-state index contributed by atoms with van der Waals surface area (Å²) in [6.07, 6.45) is 4.38. The number of hydrogen-bond donors (Lipinski definition) is 9. The Morgan fingerprint density at radius 2 is 0.653 bits per heavy atom. The molecule has 0 radical (unpaired) electrons. The first-order valence-corrected chi connectivity index (χ1v) is 30.9. The van der Waals surface area contributed by atoms with Crippen molar-refractivity contribution in [2.75, 3.05) is 88.9 Å². The number of anilines is 9. The van der Waals surface area contributed by atoms with Crippen molar-refractivity contribution >= 4 is 116 Å². The highest BCUT2D eigenvalue weighted by Gasteiger charge is 2.21. The lowest BCUT2D eigenvalue weighted by atomic mass is 9.87. The zero-order valence-corrected chi connectivity index (χ0v) is 56.9. The van der Waals surface area contributed by atoms with Crippen LogP contribution >= 0.6 is 11.6 Å². The quantitative estimate of drug-likeness (QED) is 0.0463. The molecule has 3 aromatic heterocycles. The van der Waals surface area contributed by atoms with Gasteiger partial charge in [-0.15, -0.1) is 0 Å². The number of pyridine rings is 3. The number of nitrogens with zero attached hydrogens (tertiary/aromatic N) is 6. The summed E-state index contributed by atoms with van der Waals surface area (Å²) < 4.78 is 0. The minimum Gasteiger partial charge on any atom is -0.354 e. The van der Waals surface area contributed by atoms with Gasteiger partial charge >= 0.3 is 18.1 Å². The van der Waals surface area contributed by atoms with Crippen LogP contribution in [0.25, 0.3) is 0 Å². The van der Waals surface area contributed by atoms with E-state index in [9.17, 15) is 43.2 Å². The van der Waals surface area contributed by atoms with Crippen LogP contribution in [0.4, 0.5) is 65.6 Å². The molecule has 0 saturated heterocycles. The third kappa shape index (κ3) is 20.1. The van der Waals surface area contributed by atoms with Crippen LogP contribution in [-0.2, 0) is 5.41 Å². The van der Waals surface area contributed by atoms with Gasteiger partial charge in [-0.2, -0.15) is 0 Å². The molecule has 9 rings (SSSR count). The van der Waals surface area contributed by atoms with Crippen molar-refractivity contribution in [2.24, 2.45) is 0 Å². The normalized spacial score (nSPS) is 10.5. The first-order valence-electron chi connectivity index (χ1n) is 30.5. The maximum atomic E-state index is 12.9. The number of carbonyl (C=O) groups is 9. The Hall–Kier alpha value is -12.3. The third-order valence-electron chi connectivity index (χ3n) is 15.1. The van der Waals surface area contributed by atoms with E-state index in [-0.39, 0.29) is 57.9 Å². The maximum absolute atomic E-state index is 12.9. The van der Waals surface area contributed by atoms with Crippen LogP contribution in [0.15, 0.2) is 188 Å². The lowest BCUT2D eigenvalue weighted by Gasteiger charge is -2.20. The lowest BCUT2D eigenvalue weighted by molar-refractivity contribution is 0.0950. The van der Waals surface area contributed by atoms with Crippen LogP contribution in [0.2, 0.25) is 5.02 Å². The minimum absolute atomic E-state index is 0.0278. The van der Waals surface area contributed by atoms with Crippen molar-refractivity contribution in [1.29, 1.82) is 0 Å². The molecule has 0 aliphatic rings. The van der Waals surface area contributed by atoms with Crippen LogP contribution in [-0.4, -0.2) is 111 Å². The van der Waals surface area contributed by atoms with Crippen molar-refractivity contribution in [3.8, 4) is 0 Å². The zero-order valence-electron chi connectivity index (χ0n) is 56.1. The van der Waals surface area contributed by atoms with E-state index in [0.29, 0.717) is 72.9 Å². The molecule has 98 heavy (non-hydrogen) atoms. The van der Waals surface area contributed by atoms with Gasteiger partial charge in [0.25, 0.3) is 35.4 Å². The maximum Gasteiger partial charge on any atom is 0.326 e. The number of aromatic nitrogens is 3. The van der Waals surface area contributed by atoms with E-state index in [1.807, 2.05) is 63.2 Å². The molecule has 3 heterocycles. The summed E-state index contributed by atoms with van der Waals surface area (Å²) >= 11 is 5.87. The summed E-state index contributed by atoms with van der Waals surface area (Å²) in [7, 11) is 9.28. The van der Waals surface area contributed by atoms with Crippen molar-refractivity contribution in [3.05, 3.63) is 249 Å². The Morgan fingerprint density at radius 3 is 0.949 bits per heavy atom. The second kappa shape index (κ2) is 33.7. The van der Waals surface area contributed by atoms with E-state index in [0.717, 1.165) is 16.7 Å². The molecule has 0 aliphatic carbocycles. The second-order valence-electron chi connectivity index (χ2n) is 23.1. The smallest absolute Gasteiger partial charge is 0.326 e. The summed E-state index contributed by atoms with van der Waals surface area (Å²) in [6.45, 7) is 11.9. The standard InChI is InChI=1S/C27H31N5O3.C23H22ClN5O3.C23H23N5O3/c1-17-7-8-18(24(33)30-20-11-9-19(10-12-20)27(2,3)4)15-22(17)31-26(35)32(6)21-13-14-29-23(16-21)25(34)28-5;1-14-4-5-15(21(30)27-17-8-6-16(24)7-9-17)12-19(14)28-23(32)29(3)18-10-11-26-20(13-18)22(31)25-2;1-15-9-10-16(21(29)26-17-7-5-4-6-8-17)13-19(15)27-23(31)28(3)18-11-12-25-20(14-18)22(30)24-2/h7-16H,1-6H3,(H,28,34)(H,30,33)(H,31,35);4-13H,1-3H3,(H,25,31)(H,27,30)(H,28,32);4-14H,1-3H3,(H,24,30)(H,26,29)(H,27,31). The first-order chi connectivity index (χ1) is 46.7. The van der Waals surface area contributed by atoms with E-state index in [2.05, 4.69) is 83.6 Å². The number of para-hydroxylation sites is 1. The molecule has 0 bridgehead atoms. The summed E-state index contributed by atoms with van der Waals surface area (Å²) in [6, 6.07) is 47.1. The summed E-state index contributed by atoms with van der Waals surface area (Å²) in [4.78, 5) is 128. The van der Waals surface area contributed by atoms with E-state index >= 15 is 0 Å². The van der Waals surface area contributed by atoms with Gasteiger partial charge in [0.15, 0.2) is 0 Å². The summed E-state index contributed by atoms with van der Waals surface area (Å²) in [5.74, 6) is -1.91. The third-order valence-corrected chi connectivity index (χ3v) is 15.3. The van der Waals surface area contributed by atoms with Crippen LogP contribution in [0.5, 0.6) is 0 Å². The SMILES string of the molecule is CNC(=O)c1cc(N(C)C(=O)Nc2cc(C(=O)Nc3ccc(C(C)(C)C)cc3)ccc2C)ccn1.CNC(=O)c1cc(N(C)C(=O)Nc2cc(C(=O)Nc3ccc(Cl)cc3)ccc2C)ccn1.CNC(=O)c1cc(N(C)C(=O)Nc2cc(C(=O)Nc3ccccc3)ccc2C)ccn1. The van der Waals surface area contributed by atoms with Gasteiger partial charge in [-0.1, -0.05) is 80.9 Å². The number of urea groups is 3. The number of carbonyl (C=O) groups excluding carboxylic acids is 9. The van der Waals surface area contributed by atoms with E-state index in [1.165, 1.54) is 78.2 Å². The predicted octanol–water partition coefficient (Wildman–Crippen LogP) is 13.0. The number of rotatable bonds is 15. The zero-order chi connectivity index (χ0) is 71.4. The first kappa shape index (κ1) is 73.1. The van der Waals surface area contributed by atoms with E-state index < -0.39 is 18.1 Å².